The first kappa shape index (κ1) is 14.0. The van der Waals surface area contributed by atoms with Crippen molar-refractivity contribution in [1.82, 2.24) is 0 Å². The predicted octanol–water partition coefficient (Wildman–Crippen LogP) is 3.41. The van der Waals surface area contributed by atoms with Crippen molar-refractivity contribution in [1.29, 1.82) is 5.41 Å². The van der Waals surface area contributed by atoms with Crippen LogP contribution in [0.2, 0.25) is 0 Å². The Morgan fingerprint density at radius 3 is 2.30 bits per heavy atom. The second-order valence-corrected chi connectivity index (χ2v) is 4.30. The molecule has 20 heavy (non-hydrogen) atoms. The molecule has 0 unspecified atom stereocenters. The summed E-state index contributed by atoms with van der Waals surface area (Å²) in [6.45, 7) is 2.41. The molecular formula is C15H15F2N3. The first-order valence-corrected chi connectivity index (χ1v) is 6.20. The molecule has 0 spiro atoms. The number of nitrogens with zero attached hydrogens (tertiary/aromatic N) is 1. The molecule has 2 aromatic rings. The minimum atomic E-state index is -0.469. The molecule has 0 aliphatic heterocycles. The summed E-state index contributed by atoms with van der Waals surface area (Å²) in [4.78, 5) is 1.72. The Balaban J connectivity index is 2.41. The average molecular weight is 275 g/mol. The Morgan fingerprint density at radius 1 is 1.15 bits per heavy atom. The van der Waals surface area contributed by atoms with E-state index in [1.54, 1.807) is 29.2 Å². The molecule has 0 aliphatic rings. The molecule has 3 N–H and O–H groups in total. The maximum atomic E-state index is 14.1. The highest BCUT2D eigenvalue weighted by Crippen LogP contribution is 2.28. The molecule has 104 valence electrons. The van der Waals surface area contributed by atoms with Gasteiger partial charge >= 0.3 is 0 Å². The highest BCUT2D eigenvalue weighted by Gasteiger charge is 2.13. The summed E-state index contributed by atoms with van der Waals surface area (Å²) < 4.78 is 27.1. The zero-order valence-electron chi connectivity index (χ0n) is 11.0. The fourth-order valence-electron chi connectivity index (χ4n) is 2.01. The Morgan fingerprint density at radius 2 is 1.80 bits per heavy atom. The Bertz CT molecular complexity index is 624. The van der Waals surface area contributed by atoms with E-state index in [1.165, 1.54) is 18.2 Å². The number of nitrogens with one attached hydrogen (secondary N) is 1. The van der Waals surface area contributed by atoms with E-state index >= 15 is 0 Å². The minimum Gasteiger partial charge on any atom is -0.384 e. The molecule has 0 aromatic heterocycles. The largest absolute Gasteiger partial charge is 0.384 e. The third kappa shape index (κ3) is 2.77. The lowest BCUT2D eigenvalue weighted by Gasteiger charge is -2.24. The molecule has 0 heterocycles. The molecule has 0 fully saturated rings. The topological polar surface area (TPSA) is 53.1 Å². The van der Waals surface area contributed by atoms with E-state index in [1.807, 2.05) is 6.92 Å². The smallest absolute Gasteiger partial charge is 0.147 e. The van der Waals surface area contributed by atoms with E-state index in [-0.39, 0.29) is 11.7 Å². The summed E-state index contributed by atoms with van der Waals surface area (Å²) >= 11 is 0. The van der Waals surface area contributed by atoms with E-state index in [0.717, 1.165) is 0 Å². The van der Waals surface area contributed by atoms with E-state index in [4.69, 9.17) is 11.1 Å². The summed E-state index contributed by atoms with van der Waals surface area (Å²) in [5.74, 6) is -0.985. The fourth-order valence-corrected chi connectivity index (χ4v) is 2.01. The van der Waals surface area contributed by atoms with Crippen molar-refractivity contribution in [2.45, 2.75) is 6.92 Å². The van der Waals surface area contributed by atoms with Crippen LogP contribution in [-0.4, -0.2) is 12.4 Å². The lowest BCUT2D eigenvalue weighted by molar-refractivity contribution is 0.624. The molecule has 0 bridgehead atoms. The van der Waals surface area contributed by atoms with Crippen molar-refractivity contribution >= 4 is 17.2 Å². The fraction of sp³-hybridized carbons (Fsp3) is 0.133. The van der Waals surface area contributed by atoms with E-state index in [9.17, 15) is 8.78 Å². The number of rotatable bonds is 4. The van der Waals surface area contributed by atoms with Crippen molar-refractivity contribution in [3.05, 3.63) is 59.7 Å². The maximum Gasteiger partial charge on any atom is 0.147 e. The summed E-state index contributed by atoms with van der Waals surface area (Å²) in [7, 11) is 0. The molecule has 0 radical (unpaired) electrons. The number of hydrogen-bond donors (Lipinski definition) is 2. The van der Waals surface area contributed by atoms with Crippen LogP contribution in [0.15, 0.2) is 42.5 Å². The van der Waals surface area contributed by atoms with Gasteiger partial charge in [-0.25, -0.2) is 8.78 Å². The third-order valence-electron chi connectivity index (χ3n) is 3.00. The quantitative estimate of drug-likeness (QED) is 0.663. The number of benzene rings is 2. The van der Waals surface area contributed by atoms with Crippen LogP contribution in [0.3, 0.4) is 0 Å². The number of nitrogen functional groups attached to an aromatic ring is 1. The Labute approximate surface area is 116 Å². The lowest BCUT2D eigenvalue weighted by atomic mass is 10.1. The van der Waals surface area contributed by atoms with Crippen LogP contribution in [0.4, 0.5) is 20.2 Å². The first-order valence-electron chi connectivity index (χ1n) is 6.20. The molecule has 0 atom stereocenters. The third-order valence-corrected chi connectivity index (χ3v) is 3.00. The molecule has 5 heteroatoms. The predicted molar refractivity (Wildman–Crippen MR) is 76.5 cm³/mol. The van der Waals surface area contributed by atoms with Crippen molar-refractivity contribution in [3.63, 3.8) is 0 Å². The van der Waals surface area contributed by atoms with Gasteiger partial charge in [-0.15, -0.1) is 0 Å². The zero-order chi connectivity index (χ0) is 14.7. The molecular weight excluding hydrogens is 260 g/mol. The van der Waals surface area contributed by atoms with Gasteiger partial charge in [0.05, 0.1) is 5.69 Å². The minimum absolute atomic E-state index is 0.180. The van der Waals surface area contributed by atoms with Crippen LogP contribution in [-0.2, 0) is 0 Å². The second-order valence-electron chi connectivity index (χ2n) is 4.30. The van der Waals surface area contributed by atoms with Crippen LogP contribution in [0.25, 0.3) is 0 Å². The lowest BCUT2D eigenvalue weighted by Crippen LogP contribution is -2.18. The van der Waals surface area contributed by atoms with Crippen molar-refractivity contribution in [2.75, 3.05) is 11.4 Å². The van der Waals surface area contributed by atoms with Crippen molar-refractivity contribution in [2.24, 2.45) is 5.73 Å². The SMILES string of the molecule is CCN(c1ccc(F)cc1)c1ccc(C(=N)N)cc1F. The van der Waals surface area contributed by atoms with Crippen LogP contribution >= 0.6 is 0 Å². The van der Waals surface area contributed by atoms with Crippen molar-refractivity contribution < 1.29 is 8.78 Å². The molecule has 0 saturated heterocycles. The average Bonchev–Trinajstić information content (AvgIpc) is 2.43. The molecule has 3 nitrogen and oxygen atoms in total. The second kappa shape index (κ2) is 5.69. The van der Waals surface area contributed by atoms with Gasteiger partial charge in [0.1, 0.15) is 17.5 Å². The number of hydrogen-bond acceptors (Lipinski definition) is 2. The van der Waals surface area contributed by atoms with Gasteiger partial charge in [0.15, 0.2) is 0 Å². The normalized spacial score (nSPS) is 10.3. The van der Waals surface area contributed by atoms with Gasteiger partial charge in [-0.05, 0) is 49.4 Å². The van der Waals surface area contributed by atoms with Crippen LogP contribution in [0, 0.1) is 17.0 Å². The van der Waals surface area contributed by atoms with Gasteiger partial charge in [0.2, 0.25) is 0 Å². The number of amidine groups is 1. The highest BCUT2D eigenvalue weighted by molar-refractivity contribution is 5.95. The Kier molecular flexibility index (Phi) is 3.98. The van der Waals surface area contributed by atoms with Gasteiger partial charge in [-0.2, -0.15) is 0 Å². The maximum absolute atomic E-state index is 14.1. The van der Waals surface area contributed by atoms with Gasteiger partial charge in [0, 0.05) is 17.8 Å². The summed E-state index contributed by atoms with van der Waals surface area (Å²) in [5.41, 5.74) is 6.73. The highest BCUT2D eigenvalue weighted by atomic mass is 19.1. The molecule has 0 saturated carbocycles. The van der Waals surface area contributed by atoms with E-state index < -0.39 is 5.82 Å². The molecule has 2 aromatic carbocycles. The van der Waals surface area contributed by atoms with Gasteiger partial charge < -0.3 is 10.6 Å². The summed E-state index contributed by atoms with van der Waals surface area (Å²) in [6, 6.07) is 10.2. The molecule has 0 aliphatic carbocycles. The number of nitrogens with two attached hydrogens (primary N) is 1. The molecule has 0 amide bonds. The van der Waals surface area contributed by atoms with Crippen LogP contribution in [0.1, 0.15) is 12.5 Å². The van der Waals surface area contributed by atoms with Gasteiger partial charge in [-0.3, -0.25) is 5.41 Å². The Hall–Kier alpha value is -2.43. The van der Waals surface area contributed by atoms with Gasteiger partial charge in [0.25, 0.3) is 0 Å². The first-order chi connectivity index (χ1) is 9.52. The standard InChI is InChI=1S/C15H15F2N3/c1-2-20(12-6-4-11(16)5-7-12)14-8-3-10(15(18)19)9-13(14)17/h3-9H,2H2,1H3,(H3,18,19). The monoisotopic (exact) mass is 275 g/mol. The summed E-state index contributed by atoms with van der Waals surface area (Å²) in [6.07, 6.45) is 0. The summed E-state index contributed by atoms with van der Waals surface area (Å²) in [5, 5.41) is 7.30. The number of halogens is 2. The van der Waals surface area contributed by atoms with E-state index in [2.05, 4.69) is 0 Å². The van der Waals surface area contributed by atoms with Crippen LogP contribution < -0.4 is 10.6 Å². The van der Waals surface area contributed by atoms with Crippen molar-refractivity contribution in [3.8, 4) is 0 Å². The van der Waals surface area contributed by atoms with E-state index in [0.29, 0.717) is 23.5 Å². The molecule has 2 rings (SSSR count). The zero-order valence-corrected chi connectivity index (χ0v) is 11.0. The van der Waals surface area contributed by atoms with Gasteiger partial charge in [-0.1, -0.05) is 0 Å². The number of anilines is 2. The van der Waals surface area contributed by atoms with Crippen LogP contribution in [0.5, 0.6) is 0 Å².